The maximum atomic E-state index is 12.4. The molecule has 2 amide bonds. The summed E-state index contributed by atoms with van der Waals surface area (Å²) < 4.78 is 2.14. The molecule has 38 heavy (non-hydrogen) atoms. The van der Waals surface area contributed by atoms with E-state index < -0.39 is 0 Å². The van der Waals surface area contributed by atoms with E-state index in [2.05, 4.69) is 95.6 Å². The number of para-hydroxylation sites is 2. The molecule has 0 unspecified atom stereocenters. The molecule has 4 aromatic rings. The first-order valence-electron chi connectivity index (χ1n) is 13.3. The number of urea groups is 1. The largest absolute Gasteiger partial charge is 0.366 e. The molecular formula is C32H37N5O. The van der Waals surface area contributed by atoms with E-state index in [4.69, 9.17) is 5.10 Å². The second-order valence-corrected chi connectivity index (χ2v) is 11.3. The van der Waals surface area contributed by atoms with E-state index in [1.54, 1.807) is 0 Å². The van der Waals surface area contributed by atoms with Gasteiger partial charge >= 0.3 is 6.03 Å². The topological polar surface area (TPSA) is 62.2 Å². The minimum Gasteiger partial charge on any atom is -0.366 e. The van der Waals surface area contributed by atoms with E-state index in [0.29, 0.717) is 0 Å². The summed E-state index contributed by atoms with van der Waals surface area (Å²) >= 11 is 0. The molecule has 0 saturated carbocycles. The zero-order valence-electron chi connectivity index (χ0n) is 23.2. The smallest absolute Gasteiger partial charge is 0.319 e. The number of fused-ring (bicyclic) bond motifs is 1. The Balaban J connectivity index is 1.57. The number of benzene rings is 3. The number of carbonyl (C=O) groups excluding carboxylic acids is 1. The van der Waals surface area contributed by atoms with Gasteiger partial charge in [-0.1, -0.05) is 48.5 Å². The van der Waals surface area contributed by atoms with Gasteiger partial charge in [0.1, 0.15) is 0 Å². The average Bonchev–Trinajstić information content (AvgIpc) is 3.21. The van der Waals surface area contributed by atoms with E-state index in [9.17, 15) is 4.79 Å². The van der Waals surface area contributed by atoms with Crippen molar-refractivity contribution in [3.63, 3.8) is 0 Å². The highest BCUT2D eigenvalue weighted by Crippen LogP contribution is 2.36. The quantitative estimate of drug-likeness (QED) is 0.314. The van der Waals surface area contributed by atoms with Gasteiger partial charge in [0.25, 0.3) is 0 Å². The SMILES string of the molecule is Cc1ccccc1N1CCc2nn(-c3c(C)cccc3C)c(-c3ccc(NC(=O)NC(C)(C)C)cc3)c2C1. The van der Waals surface area contributed by atoms with Gasteiger partial charge in [-0.05, 0) is 76.4 Å². The van der Waals surface area contributed by atoms with Gasteiger partial charge < -0.3 is 15.5 Å². The zero-order chi connectivity index (χ0) is 27.0. The molecule has 6 nitrogen and oxygen atoms in total. The van der Waals surface area contributed by atoms with Crippen LogP contribution in [0.2, 0.25) is 0 Å². The fraction of sp³-hybridized carbons (Fsp3) is 0.312. The monoisotopic (exact) mass is 507 g/mol. The number of hydrogen-bond acceptors (Lipinski definition) is 3. The maximum Gasteiger partial charge on any atom is 0.319 e. The molecule has 5 rings (SSSR count). The molecule has 0 saturated heterocycles. The van der Waals surface area contributed by atoms with Gasteiger partial charge in [-0.3, -0.25) is 0 Å². The van der Waals surface area contributed by atoms with Gasteiger partial charge in [-0.25, -0.2) is 9.48 Å². The second kappa shape index (κ2) is 10.0. The van der Waals surface area contributed by atoms with Crippen LogP contribution in [0.25, 0.3) is 16.9 Å². The minimum atomic E-state index is -0.302. The lowest BCUT2D eigenvalue weighted by Crippen LogP contribution is -2.43. The number of nitrogens with zero attached hydrogens (tertiary/aromatic N) is 3. The zero-order valence-corrected chi connectivity index (χ0v) is 23.2. The number of nitrogens with one attached hydrogen (secondary N) is 2. The van der Waals surface area contributed by atoms with Crippen LogP contribution in [0.15, 0.2) is 66.7 Å². The highest BCUT2D eigenvalue weighted by molar-refractivity contribution is 5.90. The van der Waals surface area contributed by atoms with E-state index in [1.807, 2.05) is 32.9 Å². The molecule has 6 heteroatoms. The summed E-state index contributed by atoms with van der Waals surface area (Å²) in [6, 6.07) is 22.9. The first kappa shape index (κ1) is 25.6. The third-order valence-corrected chi connectivity index (χ3v) is 7.05. The van der Waals surface area contributed by atoms with Crippen molar-refractivity contribution in [1.29, 1.82) is 0 Å². The molecule has 0 radical (unpaired) electrons. The molecule has 3 aromatic carbocycles. The molecule has 2 heterocycles. The van der Waals surface area contributed by atoms with Crippen molar-refractivity contribution in [2.45, 2.75) is 60.0 Å². The van der Waals surface area contributed by atoms with Crippen molar-refractivity contribution in [2.75, 3.05) is 16.8 Å². The highest BCUT2D eigenvalue weighted by Gasteiger charge is 2.28. The van der Waals surface area contributed by atoms with Crippen LogP contribution in [0.4, 0.5) is 16.2 Å². The Morgan fingerprint density at radius 2 is 1.53 bits per heavy atom. The average molecular weight is 508 g/mol. The normalized spacial score (nSPS) is 13.3. The van der Waals surface area contributed by atoms with E-state index >= 15 is 0 Å². The highest BCUT2D eigenvalue weighted by atomic mass is 16.2. The fourth-order valence-electron chi connectivity index (χ4n) is 5.31. The number of carbonyl (C=O) groups is 1. The molecule has 0 fully saturated rings. The molecule has 0 atom stereocenters. The van der Waals surface area contributed by atoms with Crippen LogP contribution in [-0.2, 0) is 13.0 Å². The Morgan fingerprint density at radius 1 is 0.868 bits per heavy atom. The number of aryl methyl sites for hydroxylation is 3. The van der Waals surface area contributed by atoms with Gasteiger partial charge in [-0.2, -0.15) is 5.10 Å². The third-order valence-electron chi connectivity index (χ3n) is 7.05. The number of anilines is 2. The van der Waals surface area contributed by atoms with Crippen LogP contribution in [0.1, 0.15) is 48.7 Å². The van der Waals surface area contributed by atoms with E-state index in [0.717, 1.165) is 47.8 Å². The third kappa shape index (κ3) is 5.17. The van der Waals surface area contributed by atoms with Crippen LogP contribution in [-0.4, -0.2) is 27.9 Å². The van der Waals surface area contributed by atoms with Crippen LogP contribution in [0.5, 0.6) is 0 Å². The lowest BCUT2D eigenvalue weighted by molar-refractivity contribution is 0.244. The maximum absolute atomic E-state index is 12.4. The van der Waals surface area contributed by atoms with Crippen LogP contribution < -0.4 is 15.5 Å². The van der Waals surface area contributed by atoms with Gasteiger partial charge in [0.05, 0.1) is 17.1 Å². The summed E-state index contributed by atoms with van der Waals surface area (Å²) in [6.45, 7) is 14.1. The standard InChI is InChI=1S/C32H37N5O/c1-21-10-7-8-13-28(21)36-19-18-27-26(20-36)30(37(35-27)29-22(2)11-9-12-23(29)3)24-14-16-25(17-15-24)33-31(38)34-32(4,5)6/h7-17H,18-20H2,1-6H3,(H2,33,34,38). The molecule has 196 valence electrons. The Labute approximate surface area is 225 Å². The summed E-state index contributed by atoms with van der Waals surface area (Å²) in [6.07, 6.45) is 0.890. The van der Waals surface area contributed by atoms with Gasteiger partial charge in [0, 0.05) is 47.6 Å². The summed E-state index contributed by atoms with van der Waals surface area (Å²) in [7, 11) is 0. The van der Waals surface area contributed by atoms with Crippen molar-refractivity contribution in [3.8, 4) is 16.9 Å². The van der Waals surface area contributed by atoms with Gasteiger partial charge in [-0.15, -0.1) is 0 Å². The van der Waals surface area contributed by atoms with Crippen molar-refractivity contribution >= 4 is 17.4 Å². The summed E-state index contributed by atoms with van der Waals surface area (Å²) in [4.78, 5) is 14.9. The Kier molecular flexibility index (Phi) is 6.74. The molecule has 1 aliphatic rings. The molecule has 1 aliphatic heterocycles. The first-order valence-corrected chi connectivity index (χ1v) is 13.3. The number of aromatic nitrogens is 2. The Hall–Kier alpha value is -4.06. The van der Waals surface area contributed by atoms with Crippen LogP contribution >= 0.6 is 0 Å². The number of hydrogen-bond donors (Lipinski definition) is 2. The molecule has 0 bridgehead atoms. The van der Waals surface area contributed by atoms with E-state index in [1.165, 1.54) is 27.9 Å². The van der Waals surface area contributed by atoms with Crippen LogP contribution in [0.3, 0.4) is 0 Å². The van der Waals surface area contributed by atoms with Gasteiger partial charge in [0.15, 0.2) is 0 Å². The molecule has 0 aliphatic carbocycles. The minimum absolute atomic E-state index is 0.211. The lowest BCUT2D eigenvalue weighted by Gasteiger charge is -2.30. The number of rotatable bonds is 4. The van der Waals surface area contributed by atoms with Crippen molar-refractivity contribution in [3.05, 3.63) is 94.7 Å². The fourth-order valence-corrected chi connectivity index (χ4v) is 5.31. The number of amides is 2. The molecule has 0 spiro atoms. The van der Waals surface area contributed by atoms with Crippen molar-refractivity contribution in [2.24, 2.45) is 0 Å². The lowest BCUT2D eigenvalue weighted by atomic mass is 9.99. The van der Waals surface area contributed by atoms with Gasteiger partial charge in [0.2, 0.25) is 0 Å². The molecular weight excluding hydrogens is 470 g/mol. The van der Waals surface area contributed by atoms with E-state index in [-0.39, 0.29) is 11.6 Å². The summed E-state index contributed by atoms with van der Waals surface area (Å²) in [5, 5.41) is 11.1. The first-order chi connectivity index (χ1) is 18.1. The molecule has 1 aromatic heterocycles. The molecule has 2 N–H and O–H groups in total. The predicted molar refractivity (Wildman–Crippen MR) is 156 cm³/mol. The Bertz CT molecular complexity index is 1460. The summed E-state index contributed by atoms with van der Waals surface area (Å²) in [5.74, 6) is 0. The second-order valence-electron chi connectivity index (χ2n) is 11.3. The predicted octanol–water partition coefficient (Wildman–Crippen LogP) is 6.95. The Morgan fingerprint density at radius 3 is 2.18 bits per heavy atom. The van der Waals surface area contributed by atoms with Crippen LogP contribution in [0, 0.1) is 20.8 Å². The summed E-state index contributed by atoms with van der Waals surface area (Å²) in [5.41, 5.74) is 11.1. The van der Waals surface area contributed by atoms with Crippen molar-refractivity contribution < 1.29 is 4.79 Å². The van der Waals surface area contributed by atoms with Crippen molar-refractivity contribution in [1.82, 2.24) is 15.1 Å².